The third kappa shape index (κ3) is 5.13. The zero-order valence-electron chi connectivity index (χ0n) is 14.6. The third-order valence-electron chi connectivity index (χ3n) is 4.39. The predicted molar refractivity (Wildman–Crippen MR) is 94.4 cm³/mol. The standard InChI is InChI=1S/C19H20F3N3O2/c20-19(21,22)15-4-2-6-17(12-15)27-16-5-1-3-14(11-16)13-24-7-9-25(10-8-24)18(23)26/h1-6,11-12H,7-10,13H2,(H2,23,26). The smallest absolute Gasteiger partial charge is 0.416 e. The Kier molecular flexibility index (Phi) is 5.55. The summed E-state index contributed by atoms with van der Waals surface area (Å²) in [6.07, 6.45) is -4.41. The van der Waals surface area contributed by atoms with Gasteiger partial charge in [0.1, 0.15) is 11.5 Å². The number of halogens is 3. The van der Waals surface area contributed by atoms with Gasteiger partial charge in [-0.3, -0.25) is 4.90 Å². The summed E-state index contributed by atoms with van der Waals surface area (Å²) in [5.41, 5.74) is 5.51. The molecule has 0 spiro atoms. The Morgan fingerprint density at radius 2 is 1.63 bits per heavy atom. The molecule has 144 valence electrons. The number of carbonyl (C=O) groups excluding carboxylic acids is 1. The normalized spacial score (nSPS) is 15.6. The number of amides is 2. The van der Waals surface area contributed by atoms with E-state index in [0.717, 1.165) is 17.7 Å². The Hall–Kier alpha value is -2.74. The van der Waals surface area contributed by atoms with Gasteiger partial charge >= 0.3 is 12.2 Å². The molecule has 2 aromatic rings. The van der Waals surface area contributed by atoms with Crippen molar-refractivity contribution in [2.45, 2.75) is 12.7 Å². The SMILES string of the molecule is NC(=O)N1CCN(Cc2cccc(Oc3cccc(C(F)(F)F)c3)c2)CC1. The lowest BCUT2D eigenvalue weighted by atomic mass is 10.2. The number of rotatable bonds is 4. The number of hydrogen-bond donors (Lipinski definition) is 1. The Morgan fingerprint density at radius 1 is 1.00 bits per heavy atom. The van der Waals surface area contributed by atoms with Gasteiger partial charge in [-0.1, -0.05) is 18.2 Å². The van der Waals surface area contributed by atoms with Crippen LogP contribution in [0, 0.1) is 0 Å². The van der Waals surface area contributed by atoms with E-state index in [1.54, 1.807) is 23.1 Å². The van der Waals surface area contributed by atoms with E-state index in [0.29, 0.717) is 38.5 Å². The van der Waals surface area contributed by atoms with Crippen molar-refractivity contribution in [1.82, 2.24) is 9.80 Å². The van der Waals surface area contributed by atoms with Crippen LogP contribution in [0.2, 0.25) is 0 Å². The summed E-state index contributed by atoms with van der Waals surface area (Å²) >= 11 is 0. The van der Waals surface area contributed by atoms with Crippen LogP contribution in [0.25, 0.3) is 0 Å². The largest absolute Gasteiger partial charge is 0.457 e. The maximum Gasteiger partial charge on any atom is 0.416 e. The predicted octanol–water partition coefficient (Wildman–Crippen LogP) is 3.69. The highest BCUT2D eigenvalue weighted by Crippen LogP contribution is 2.32. The number of nitrogens with two attached hydrogens (primary N) is 1. The zero-order valence-corrected chi connectivity index (χ0v) is 14.6. The molecule has 1 saturated heterocycles. The fourth-order valence-corrected chi connectivity index (χ4v) is 2.96. The van der Waals surface area contributed by atoms with E-state index in [1.807, 2.05) is 6.07 Å². The number of nitrogens with zero attached hydrogens (tertiary/aromatic N) is 2. The minimum Gasteiger partial charge on any atom is -0.457 e. The van der Waals surface area contributed by atoms with E-state index in [-0.39, 0.29) is 5.75 Å². The molecular formula is C19H20F3N3O2. The Bertz CT molecular complexity index is 803. The molecule has 0 aliphatic carbocycles. The molecule has 0 radical (unpaired) electrons. The highest BCUT2D eigenvalue weighted by Gasteiger charge is 2.30. The van der Waals surface area contributed by atoms with Crippen LogP contribution < -0.4 is 10.5 Å². The lowest BCUT2D eigenvalue weighted by Crippen LogP contribution is -2.50. The Balaban J connectivity index is 1.64. The quantitative estimate of drug-likeness (QED) is 0.881. The van der Waals surface area contributed by atoms with Crippen LogP contribution in [-0.2, 0) is 12.7 Å². The summed E-state index contributed by atoms with van der Waals surface area (Å²) in [4.78, 5) is 15.0. The van der Waals surface area contributed by atoms with Crippen LogP contribution in [0.5, 0.6) is 11.5 Å². The monoisotopic (exact) mass is 379 g/mol. The van der Waals surface area contributed by atoms with Gasteiger partial charge in [-0.15, -0.1) is 0 Å². The van der Waals surface area contributed by atoms with E-state index < -0.39 is 17.8 Å². The molecule has 2 aromatic carbocycles. The maximum absolute atomic E-state index is 12.8. The van der Waals surface area contributed by atoms with Crippen LogP contribution in [0.4, 0.5) is 18.0 Å². The highest BCUT2D eigenvalue weighted by molar-refractivity contribution is 5.72. The van der Waals surface area contributed by atoms with Crippen LogP contribution in [-0.4, -0.2) is 42.0 Å². The number of primary amides is 1. The van der Waals surface area contributed by atoms with Gasteiger partial charge in [-0.25, -0.2) is 4.79 Å². The number of hydrogen-bond acceptors (Lipinski definition) is 3. The van der Waals surface area contributed by atoms with E-state index in [1.165, 1.54) is 12.1 Å². The van der Waals surface area contributed by atoms with Gasteiger partial charge in [-0.2, -0.15) is 13.2 Å². The summed E-state index contributed by atoms with van der Waals surface area (Å²) in [6.45, 7) is 3.24. The fourth-order valence-electron chi connectivity index (χ4n) is 2.96. The van der Waals surface area contributed by atoms with Crippen molar-refractivity contribution in [2.24, 2.45) is 5.73 Å². The van der Waals surface area contributed by atoms with Crippen molar-refractivity contribution in [1.29, 1.82) is 0 Å². The minimum absolute atomic E-state index is 0.136. The number of benzene rings is 2. The summed E-state index contributed by atoms with van der Waals surface area (Å²) in [6, 6.07) is 11.6. The molecule has 1 fully saturated rings. The molecule has 5 nitrogen and oxygen atoms in total. The number of piperazine rings is 1. The van der Waals surface area contributed by atoms with Gasteiger partial charge in [0.15, 0.2) is 0 Å². The molecule has 2 amide bonds. The molecular weight excluding hydrogens is 359 g/mol. The first-order chi connectivity index (χ1) is 12.8. The average molecular weight is 379 g/mol. The second-order valence-electron chi connectivity index (χ2n) is 6.38. The first-order valence-corrected chi connectivity index (χ1v) is 8.52. The van der Waals surface area contributed by atoms with E-state index >= 15 is 0 Å². The van der Waals surface area contributed by atoms with Crippen molar-refractivity contribution in [3.05, 3.63) is 59.7 Å². The van der Waals surface area contributed by atoms with Crippen LogP contribution >= 0.6 is 0 Å². The summed E-state index contributed by atoms with van der Waals surface area (Å²) in [7, 11) is 0. The molecule has 1 heterocycles. The van der Waals surface area contributed by atoms with Gasteiger partial charge in [0.2, 0.25) is 0 Å². The van der Waals surface area contributed by atoms with Crippen LogP contribution in [0.3, 0.4) is 0 Å². The highest BCUT2D eigenvalue weighted by atomic mass is 19.4. The number of carbonyl (C=O) groups is 1. The molecule has 27 heavy (non-hydrogen) atoms. The Morgan fingerprint density at radius 3 is 2.26 bits per heavy atom. The number of ether oxygens (including phenoxy) is 1. The van der Waals surface area contributed by atoms with E-state index in [4.69, 9.17) is 10.5 Å². The lowest BCUT2D eigenvalue weighted by Gasteiger charge is -2.33. The summed E-state index contributed by atoms with van der Waals surface area (Å²) in [5.74, 6) is 0.611. The van der Waals surface area contributed by atoms with Gasteiger partial charge < -0.3 is 15.4 Å². The van der Waals surface area contributed by atoms with Crippen molar-refractivity contribution in [3.63, 3.8) is 0 Å². The molecule has 2 N–H and O–H groups in total. The first kappa shape index (κ1) is 19.0. The molecule has 0 bridgehead atoms. The molecule has 0 aromatic heterocycles. The van der Waals surface area contributed by atoms with Crippen molar-refractivity contribution in [3.8, 4) is 11.5 Å². The number of alkyl halides is 3. The maximum atomic E-state index is 12.8. The average Bonchev–Trinajstić information content (AvgIpc) is 2.62. The molecule has 8 heteroatoms. The van der Waals surface area contributed by atoms with E-state index in [9.17, 15) is 18.0 Å². The molecule has 1 aliphatic heterocycles. The van der Waals surface area contributed by atoms with Gasteiger partial charge in [0, 0.05) is 32.7 Å². The number of urea groups is 1. The first-order valence-electron chi connectivity index (χ1n) is 8.52. The van der Waals surface area contributed by atoms with Gasteiger partial charge in [0.25, 0.3) is 0 Å². The van der Waals surface area contributed by atoms with Crippen molar-refractivity contribution >= 4 is 6.03 Å². The van der Waals surface area contributed by atoms with Crippen LogP contribution in [0.1, 0.15) is 11.1 Å². The fraction of sp³-hybridized carbons (Fsp3) is 0.316. The second-order valence-corrected chi connectivity index (χ2v) is 6.38. The summed E-state index contributed by atoms with van der Waals surface area (Å²) in [5, 5.41) is 0. The second kappa shape index (κ2) is 7.87. The van der Waals surface area contributed by atoms with Gasteiger partial charge in [-0.05, 0) is 35.9 Å². The molecule has 0 unspecified atom stereocenters. The minimum atomic E-state index is -4.41. The topological polar surface area (TPSA) is 58.8 Å². The molecule has 1 aliphatic rings. The van der Waals surface area contributed by atoms with E-state index in [2.05, 4.69) is 4.90 Å². The Labute approximate surface area is 155 Å². The molecule has 3 rings (SSSR count). The zero-order chi connectivity index (χ0) is 19.4. The summed E-state index contributed by atoms with van der Waals surface area (Å²) < 4.78 is 44.1. The lowest BCUT2D eigenvalue weighted by molar-refractivity contribution is -0.137. The van der Waals surface area contributed by atoms with Gasteiger partial charge in [0.05, 0.1) is 5.56 Å². The molecule has 0 saturated carbocycles. The van der Waals surface area contributed by atoms with Crippen LogP contribution in [0.15, 0.2) is 48.5 Å². The van der Waals surface area contributed by atoms with Crippen molar-refractivity contribution in [2.75, 3.05) is 26.2 Å². The van der Waals surface area contributed by atoms with Crippen molar-refractivity contribution < 1.29 is 22.7 Å². The third-order valence-corrected chi connectivity index (χ3v) is 4.39. The molecule has 0 atom stereocenters.